The number of carbonyl (C=O) groups excluding carboxylic acids is 1. The van der Waals surface area contributed by atoms with Crippen LogP contribution in [0.25, 0.3) is 5.57 Å². The van der Waals surface area contributed by atoms with Crippen molar-refractivity contribution in [3.63, 3.8) is 0 Å². The number of nitrogens with zero attached hydrogens (tertiary/aromatic N) is 3. The Morgan fingerprint density at radius 1 is 1.38 bits per heavy atom. The quantitative estimate of drug-likeness (QED) is 0.843. The van der Waals surface area contributed by atoms with Crippen LogP contribution in [0.2, 0.25) is 0 Å². The van der Waals surface area contributed by atoms with E-state index in [-0.39, 0.29) is 5.57 Å². The zero-order chi connectivity index (χ0) is 15.6. The fourth-order valence-corrected chi connectivity index (χ4v) is 2.22. The van der Waals surface area contributed by atoms with Gasteiger partial charge in [0.1, 0.15) is 11.6 Å². The number of carbonyl (C=O) groups is 1. The number of hydrogen-bond acceptors (Lipinski definition) is 5. The fourth-order valence-electron chi connectivity index (χ4n) is 1.98. The van der Waals surface area contributed by atoms with Gasteiger partial charge in [-0.2, -0.15) is 10.5 Å². The van der Waals surface area contributed by atoms with Crippen molar-refractivity contribution in [3.8, 4) is 12.1 Å². The van der Waals surface area contributed by atoms with Gasteiger partial charge in [0.2, 0.25) is 0 Å². The van der Waals surface area contributed by atoms with Crippen LogP contribution in [0.4, 0.5) is 0 Å². The van der Waals surface area contributed by atoms with Gasteiger partial charge in [-0.05, 0) is 31.1 Å². The molecule has 0 spiro atoms. The first-order valence-corrected chi connectivity index (χ1v) is 6.65. The Labute approximate surface area is 127 Å². The lowest BCUT2D eigenvalue weighted by atomic mass is 9.89. The maximum Gasteiger partial charge on any atom is 0.267 e. The van der Waals surface area contributed by atoms with Crippen LogP contribution in [0, 0.1) is 22.7 Å². The lowest BCUT2D eigenvalue weighted by Crippen LogP contribution is -2.34. The molecular weight excluding hydrogens is 284 g/mol. The van der Waals surface area contributed by atoms with Crippen LogP contribution in [0.3, 0.4) is 0 Å². The highest BCUT2D eigenvalue weighted by molar-refractivity contribution is 7.80. The monoisotopic (exact) mass is 296 g/mol. The zero-order valence-electron chi connectivity index (χ0n) is 11.6. The number of rotatable bonds is 2. The molecule has 1 N–H and O–H groups in total. The van der Waals surface area contributed by atoms with Gasteiger partial charge in [0.15, 0.2) is 0 Å². The lowest BCUT2D eigenvalue weighted by Gasteiger charge is -2.19. The molecule has 1 aromatic rings. The van der Waals surface area contributed by atoms with Gasteiger partial charge in [-0.15, -0.1) is 0 Å². The topological polar surface area (TPSA) is 89.6 Å². The number of thiocarbonyl (C=S) groups is 1. The summed E-state index contributed by atoms with van der Waals surface area (Å²) in [4.78, 5) is 16.4. The standard InChI is InChI=1S/C15H12N4OS/c1-15(2,8-17)12-4-3-9(7-18-12)10-5-13(21)19-14(20)11(10)6-16/h3-4,7H,5H2,1-2H3,(H,19,20,21). The largest absolute Gasteiger partial charge is 0.315 e. The molecule has 2 heterocycles. The van der Waals surface area contributed by atoms with Crippen LogP contribution < -0.4 is 5.32 Å². The summed E-state index contributed by atoms with van der Waals surface area (Å²) in [5.74, 6) is -0.481. The molecule has 0 saturated heterocycles. The van der Waals surface area contributed by atoms with Crippen LogP contribution in [0.5, 0.6) is 0 Å². The summed E-state index contributed by atoms with van der Waals surface area (Å²) >= 11 is 5.03. The number of pyridine rings is 1. The van der Waals surface area contributed by atoms with Crippen LogP contribution >= 0.6 is 12.2 Å². The van der Waals surface area contributed by atoms with E-state index in [0.29, 0.717) is 28.2 Å². The van der Waals surface area contributed by atoms with E-state index in [2.05, 4.69) is 16.4 Å². The van der Waals surface area contributed by atoms with E-state index in [1.54, 1.807) is 32.2 Å². The van der Waals surface area contributed by atoms with Crippen molar-refractivity contribution in [3.05, 3.63) is 35.2 Å². The highest BCUT2D eigenvalue weighted by atomic mass is 32.1. The Hall–Kier alpha value is -2.57. The molecule has 2 rings (SSSR count). The molecule has 104 valence electrons. The number of nitrogens with one attached hydrogen (secondary N) is 1. The van der Waals surface area contributed by atoms with Crippen LogP contribution in [-0.4, -0.2) is 15.9 Å². The van der Waals surface area contributed by atoms with Crippen LogP contribution in [0.15, 0.2) is 23.9 Å². The molecule has 0 aromatic carbocycles. The second-order valence-electron chi connectivity index (χ2n) is 5.19. The van der Waals surface area contributed by atoms with Gasteiger partial charge in [0, 0.05) is 12.6 Å². The third-order valence-corrected chi connectivity index (χ3v) is 3.51. The Morgan fingerprint density at radius 3 is 2.62 bits per heavy atom. The maximum absolute atomic E-state index is 11.7. The molecule has 0 radical (unpaired) electrons. The first-order valence-electron chi connectivity index (χ1n) is 6.24. The van der Waals surface area contributed by atoms with Gasteiger partial charge < -0.3 is 5.32 Å². The van der Waals surface area contributed by atoms with Gasteiger partial charge in [-0.25, -0.2) is 0 Å². The Balaban J connectivity index is 2.48. The average Bonchev–Trinajstić information content (AvgIpc) is 2.46. The van der Waals surface area contributed by atoms with E-state index in [4.69, 9.17) is 22.7 Å². The van der Waals surface area contributed by atoms with Gasteiger partial charge >= 0.3 is 0 Å². The van der Waals surface area contributed by atoms with E-state index in [0.717, 1.165) is 0 Å². The molecule has 0 saturated carbocycles. The molecule has 0 atom stereocenters. The minimum atomic E-state index is -0.690. The minimum Gasteiger partial charge on any atom is -0.315 e. The Morgan fingerprint density at radius 2 is 2.10 bits per heavy atom. The molecule has 0 bridgehead atoms. The zero-order valence-corrected chi connectivity index (χ0v) is 12.4. The van der Waals surface area contributed by atoms with Gasteiger partial charge in [0.05, 0.1) is 22.2 Å². The molecule has 0 unspecified atom stereocenters. The highest BCUT2D eigenvalue weighted by Crippen LogP contribution is 2.27. The van der Waals surface area contributed by atoms with Gasteiger partial charge in [0.25, 0.3) is 5.91 Å². The van der Waals surface area contributed by atoms with E-state index in [9.17, 15) is 4.79 Å². The number of hydrogen-bond donors (Lipinski definition) is 1. The molecule has 6 heteroatoms. The Bertz CT molecular complexity index is 732. The molecule has 21 heavy (non-hydrogen) atoms. The van der Waals surface area contributed by atoms with E-state index in [1.807, 2.05) is 6.07 Å². The third kappa shape index (κ3) is 2.81. The molecule has 5 nitrogen and oxygen atoms in total. The molecule has 1 aromatic heterocycles. The fraction of sp³-hybridized carbons (Fsp3) is 0.267. The first kappa shape index (κ1) is 14.8. The maximum atomic E-state index is 11.7. The van der Waals surface area contributed by atoms with E-state index < -0.39 is 11.3 Å². The number of nitriles is 2. The van der Waals surface area contributed by atoms with Gasteiger partial charge in [-0.1, -0.05) is 18.3 Å². The SMILES string of the molecule is CC(C)(C#N)c1ccc(C2=C(C#N)C(=O)NC(=S)C2)cn1. The molecule has 1 aliphatic rings. The van der Waals surface area contributed by atoms with E-state index in [1.165, 1.54) is 0 Å². The molecule has 1 amide bonds. The summed E-state index contributed by atoms with van der Waals surface area (Å²) in [6, 6.07) is 7.58. The normalized spacial score (nSPS) is 15.2. The smallest absolute Gasteiger partial charge is 0.267 e. The highest BCUT2D eigenvalue weighted by Gasteiger charge is 2.25. The van der Waals surface area contributed by atoms with Crippen molar-refractivity contribution < 1.29 is 4.79 Å². The van der Waals surface area contributed by atoms with Crippen molar-refractivity contribution in [2.45, 2.75) is 25.7 Å². The second kappa shape index (κ2) is 5.43. The minimum absolute atomic E-state index is 0.0534. The average molecular weight is 296 g/mol. The number of amides is 1. The summed E-state index contributed by atoms with van der Waals surface area (Å²) in [5, 5.41) is 20.7. The van der Waals surface area contributed by atoms with Crippen LogP contribution in [-0.2, 0) is 10.2 Å². The van der Waals surface area contributed by atoms with Crippen molar-refractivity contribution in [2.24, 2.45) is 0 Å². The summed E-state index contributed by atoms with van der Waals surface area (Å²) < 4.78 is 0. The molecule has 0 fully saturated rings. The second-order valence-corrected chi connectivity index (χ2v) is 5.68. The van der Waals surface area contributed by atoms with Crippen molar-refractivity contribution in [1.82, 2.24) is 10.3 Å². The third-order valence-electron chi connectivity index (χ3n) is 3.26. The number of aromatic nitrogens is 1. The lowest BCUT2D eigenvalue weighted by molar-refractivity contribution is -0.115. The molecule has 0 aliphatic carbocycles. The van der Waals surface area contributed by atoms with Gasteiger partial charge in [-0.3, -0.25) is 9.78 Å². The van der Waals surface area contributed by atoms with Crippen molar-refractivity contribution in [1.29, 1.82) is 10.5 Å². The summed E-state index contributed by atoms with van der Waals surface area (Å²) in [6.07, 6.45) is 1.90. The summed E-state index contributed by atoms with van der Waals surface area (Å²) in [6.45, 7) is 3.55. The molecule has 1 aliphatic heterocycles. The van der Waals surface area contributed by atoms with E-state index >= 15 is 0 Å². The molecular formula is C15H12N4OS. The predicted octanol–water partition coefficient (Wildman–Crippen LogP) is 2.01. The van der Waals surface area contributed by atoms with Crippen LogP contribution in [0.1, 0.15) is 31.5 Å². The predicted molar refractivity (Wildman–Crippen MR) is 80.8 cm³/mol. The Kier molecular flexibility index (Phi) is 3.84. The summed E-state index contributed by atoms with van der Waals surface area (Å²) in [7, 11) is 0. The van der Waals surface area contributed by atoms with Crippen molar-refractivity contribution >= 4 is 28.7 Å². The van der Waals surface area contributed by atoms with Crippen molar-refractivity contribution in [2.75, 3.05) is 0 Å². The first-order chi connectivity index (χ1) is 9.89. The summed E-state index contributed by atoms with van der Waals surface area (Å²) in [5.41, 5.74) is 1.24.